The maximum absolute atomic E-state index is 12.2. The van der Waals surface area contributed by atoms with Crippen molar-refractivity contribution < 1.29 is 13.8 Å². The van der Waals surface area contributed by atoms with Crippen molar-refractivity contribution in [2.45, 2.75) is 12.8 Å². The van der Waals surface area contributed by atoms with Crippen LogP contribution in [-0.4, -0.2) is 70.1 Å². The van der Waals surface area contributed by atoms with Crippen molar-refractivity contribution in [3.63, 3.8) is 0 Å². The molecular weight excluding hydrogens is 280 g/mol. The first-order valence-electron chi connectivity index (χ1n) is 6.95. The Kier molecular flexibility index (Phi) is 5.50. The summed E-state index contributed by atoms with van der Waals surface area (Å²) in [5.41, 5.74) is 2.17. The molecule has 20 heavy (non-hydrogen) atoms. The molecule has 2 rings (SSSR count). The Bertz CT molecular complexity index is 386. The number of amides is 2. The minimum atomic E-state index is -0.714. The second kappa shape index (κ2) is 7.14. The maximum atomic E-state index is 12.2. The maximum Gasteiger partial charge on any atom is 0.237 e. The van der Waals surface area contributed by atoms with Crippen LogP contribution in [-0.2, 0) is 20.4 Å². The summed E-state index contributed by atoms with van der Waals surface area (Å²) in [5, 5.41) is 0. The fraction of sp³-hybridized carbons (Fsp3) is 0.833. The van der Waals surface area contributed by atoms with Gasteiger partial charge in [-0.1, -0.05) is 0 Å². The van der Waals surface area contributed by atoms with Crippen molar-refractivity contribution in [3.05, 3.63) is 0 Å². The van der Waals surface area contributed by atoms with Gasteiger partial charge >= 0.3 is 0 Å². The third-order valence-corrected chi connectivity index (χ3v) is 5.27. The molecule has 2 aliphatic rings. The lowest BCUT2D eigenvalue weighted by Gasteiger charge is -2.33. The zero-order valence-electron chi connectivity index (χ0n) is 11.5. The molecule has 0 saturated carbocycles. The summed E-state index contributed by atoms with van der Waals surface area (Å²) < 4.78 is 11.3. The fourth-order valence-corrected chi connectivity index (χ4v) is 3.76. The number of nitrogens with zero attached hydrogens (tertiary/aromatic N) is 2. The van der Waals surface area contributed by atoms with Crippen molar-refractivity contribution in [2.75, 3.05) is 44.2 Å². The van der Waals surface area contributed by atoms with E-state index in [4.69, 9.17) is 5.84 Å². The highest BCUT2D eigenvalue weighted by molar-refractivity contribution is 7.85. The van der Waals surface area contributed by atoms with Crippen molar-refractivity contribution in [1.82, 2.24) is 15.2 Å². The van der Waals surface area contributed by atoms with Crippen LogP contribution in [0.1, 0.15) is 12.8 Å². The molecule has 8 heteroatoms. The molecule has 0 spiro atoms. The molecule has 0 aromatic rings. The van der Waals surface area contributed by atoms with Gasteiger partial charge in [-0.15, -0.1) is 0 Å². The summed E-state index contributed by atoms with van der Waals surface area (Å²) in [6, 6.07) is 0. The van der Waals surface area contributed by atoms with Crippen LogP contribution in [0.3, 0.4) is 0 Å². The van der Waals surface area contributed by atoms with E-state index in [0.29, 0.717) is 44.0 Å². The fourth-order valence-electron chi connectivity index (χ4n) is 2.63. The Morgan fingerprint density at radius 2 is 1.75 bits per heavy atom. The lowest BCUT2D eigenvalue weighted by Crippen LogP contribution is -2.49. The Labute approximate surface area is 121 Å². The number of hydrazine groups is 1. The van der Waals surface area contributed by atoms with E-state index in [9.17, 15) is 13.8 Å². The third kappa shape index (κ3) is 4.00. The van der Waals surface area contributed by atoms with Gasteiger partial charge in [-0.3, -0.25) is 24.1 Å². The molecule has 0 atom stereocenters. The highest BCUT2D eigenvalue weighted by Crippen LogP contribution is 2.17. The van der Waals surface area contributed by atoms with Gasteiger partial charge in [-0.05, 0) is 12.8 Å². The molecule has 2 heterocycles. The van der Waals surface area contributed by atoms with Gasteiger partial charge < -0.3 is 4.90 Å². The number of hydrogen-bond donors (Lipinski definition) is 2. The van der Waals surface area contributed by atoms with Crippen LogP contribution >= 0.6 is 0 Å². The number of hydrogen-bond acceptors (Lipinski definition) is 5. The summed E-state index contributed by atoms with van der Waals surface area (Å²) in [6.07, 6.45) is 1.33. The summed E-state index contributed by atoms with van der Waals surface area (Å²) in [4.78, 5) is 27.5. The summed E-state index contributed by atoms with van der Waals surface area (Å²) >= 11 is 0. The standard InChI is InChI=1S/C12H22N4O3S/c13-14-12(18)10-1-3-16(4-2-10)11(17)9-15-5-7-20(19)8-6-15/h10H,1-9,13H2,(H,14,18). The number of carbonyl (C=O) groups excluding carboxylic acids is 2. The summed E-state index contributed by atoms with van der Waals surface area (Å²) in [6.45, 7) is 3.06. The molecule has 3 N–H and O–H groups in total. The second-order valence-corrected chi connectivity index (χ2v) is 6.98. The largest absolute Gasteiger partial charge is 0.342 e. The highest BCUT2D eigenvalue weighted by Gasteiger charge is 2.28. The van der Waals surface area contributed by atoms with Crippen LogP contribution in [0.2, 0.25) is 0 Å². The van der Waals surface area contributed by atoms with E-state index in [1.165, 1.54) is 0 Å². The van der Waals surface area contributed by atoms with Crippen molar-refractivity contribution >= 4 is 22.6 Å². The number of carbonyl (C=O) groups is 2. The molecule has 7 nitrogen and oxygen atoms in total. The van der Waals surface area contributed by atoms with Crippen molar-refractivity contribution in [2.24, 2.45) is 11.8 Å². The molecule has 0 aromatic heterocycles. The summed E-state index contributed by atoms with van der Waals surface area (Å²) in [7, 11) is -0.714. The molecule has 0 radical (unpaired) electrons. The van der Waals surface area contributed by atoms with Gasteiger partial charge in [0.2, 0.25) is 11.8 Å². The number of rotatable bonds is 3. The smallest absolute Gasteiger partial charge is 0.237 e. The molecule has 0 unspecified atom stereocenters. The van der Waals surface area contributed by atoms with E-state index >= 15 is 0 Å². The predicted molar refractivity (Wildman–Crippen MR) is 76.0 cm³/mol. The lowest BCUT2D eigenvalue weighted by molar-refractivity contribution is -0.136. The number of nitrogens with two attached hydrogens (primary N) is 1. The second-order valence-electron chi connectivity index (χ2n) is 5.29. The molecule has 2 aliphatic heterocycles. The van der Waals surface area contributed by atoms with Gasteiger partial charge in [0.1, 0.15) is 0 Å². The van der Waals surface area contributed by atoms with Gasteiger partial charge in [0.05, 0.1) is 6.54 Å². The van der Waals surface area contributed by atoms with E-state index in [2.05, 4.69) is 10.3 Å². The zero-order chi connectivity index (χ0) is 14.5. The van der Waals surface area contributed by atoms with E-state index in [1.54, 1.807) is 0 Å². The topological polar surface area (TPSA) is 95.7 Å². The lowest BCUT2D eigenvalue weighted by atomic mass is 9.96. The van der Waals surface area contributed by atoms with Gasteiger partial charge in [0.25, 0.3) is 0 Å². The van der Waals surface area contributed by atoms with Crippen molar-refractivity contribution in [3.8, 4) is 0 Å². The Morgan fingerprint density at radius 1 is 1.15 bits per heavy atom. The zero-order valence-corrected chi connectivity index (χ0v) is 12.4. The molecule has 0 aromatic carbocycles. The first-order valence-corrected chi connectivity index (χ1v) is 8.44. The van der Waals surface area contributed by atoms with Gasteiger partial charge in [0, 0.05) is 54.4 Å². The predicted octanol–water partition coefficient (Wildman–Crippen LogP) is -1.72. The number of nitrogens with one attached hydrogen (secondary N) is 1. The Hall–Kier alpha value is -0.990. The molecule has 2 fully saturated rings. The number of likely N-dealkylation sites (tertiary alicyclic amines) is 1. The van der Waals surface area contributed by atoms with Gasteiger partial charge in [-0.25, -0.2) is 5.84 Å². The molecule has 114 valence electrons. The highest BCUT2D eigenvalue weighted by atomic mass is 32.2. The SMILES string of the molecule is NNC(=O)C1CCN(C(=O)CN2CCS(=O)CC2)CC1. The van der Waals surface area contributed by atoms with Crippen molar-refractivity contribution in [1.29, 1.82) is 0 Å². The van der Waals surface area contributed by atoms with Crippen LogP contribution < -0.4 is 11.3 Å². The van der Waals surface area contributed by atoms with Crippen LogP contribution in [0.15, 0.2) is 0 Å². The minimum absolute atomic E-state index is 0.0820. The first-order chi connectivity index (χ1) is 9.60. The van der Waals surface area contributed by atoms with Crippen LogP contribution in [0, 0.1) is 5.92 Å². The van der Waals surface area contributed by atoms with Gasteiger partial charge in [-0.2, -0.15) is 0 Å². The van der Waals surface area contributed by atoms with Crippen LogP contribution in [0.4, 0.5) is 0 Å². The molecule has 0 aliphatic carbocycles. The minimum Gasteiger partial charge on any atom is -0.342 e. The van der Waals surface area contributed by atoms with E-state index in [1.807, 2.05) is 4.90 Å². The van der Waals surface area contributed by atoms with E-state index in [0.717, 1.165) is 13.1 Å². The average Bonchev–Trinajstić information content (AvgIpc) is 2.49. The monoisotopic (exact) mass is 302 g/mol. The molecule has 2 amide bonds. The third-order valence-electron chi connectivity index (χ3n) is 3.99. The van der Waals surface area contributed by atoms with Crippen LogP contribution in [0.25, 0.3) is 0 Å². The molecule has 2 saturated heterocycles. The molecule has 0 bridgehead atoms. The summed E-state index contributed by atoms with van der Waals surface area (Å²) in [5.74, 6) is 6.31. The number of piperidine rings is 1. The van der Waals surface area contributed by atoms with Gasteiger partial charge in [0.15, 0.2) is 0 Å². The van der Waals surface area contributed by atoms with E-state index in [-0.39, 0.29) is 17.7 Å². The van der Waals surface area contributed by atoms with Crippen LogP contribution in [0.5, 0.6) is 0 Å². The average molecular weight is 302 g/mol. The van der Waals surface area contributed by atoms with E-state index < -0.39 is 10.8 Å². The quantitative estimate of drug-likeness (QED) is 0.367. The Morgan fingerprint density at radius 3 is 2.30 bits per heavy atom. The normalized spacial score (nSPS) is 22.8. The molecular formula is C12H22N4O3S. The Balaban J connectivity index is 1.74. The first kappa shape index (κ1) is 15.4.